The van der Waals surface area contributed by atoms with Crippen LogP contribution in [0.5, 0.6) is 0 Å². The summed E-state index contributed by atoms with van der Waals surface area (Å²) < 4.78 is 5.59. The summed E-state index contributed by atoms with van der Waals surface area (Å²) in [7, 11) is 0. The lowest BCUT2D eigenvalue weighted by Gasteiger charge is -2.45. The van der Waals surface area contributed by atoms with Crippen LogP contribution in [0.1, 0.15) is 12.8 Å². The van der Waals surface area contributed by atoms with Gasteiger partial charge in [-0.3, -0.25) is 0 Å². The molecule has 0 aromatic rings. The second-order valence-electron chi connectivity index (χ2n) is 6.51. The first-order valence-corrected chi connectivity index (χ1v) is 7.77. The van der Waals surface area contributed by atoms with Crippen molar-refractivity contribution in [2.75, 3.05) is 13.2 Å². The Balaban J connectivity index is 2.07. The Morgan fingerprint density at radius 1 is 0.565 bits per heavy atom. The molecular formula is C14H26O9. The van der Waals surface area contributed by atoms with Gasteiger partial charge in [0.25, 0.3) is 0 Å². The van der Waals surface area contributed by atoms with Gasteiger partial charge in [0.2, 0.25) is 0 Å². The molecule has 0 radical (unpaired) electrons. The molecule has 0 saturated heterocycles. The maximum absolute atomic E-state index is 10.0. The Kier molecular flexibility index (Phi) is 6.34. The SMILES string of the molecule is OCC1C[C@@H](O[C@H]2CC(CO)[C@@H](O)[C@@H](O)C2O)C(O)C(O)[C@H]1O. The van der Waals surface area contributed by atoms with Crippen LogP contribution in [0.15, 0.2) is 0 Å². The number of aliphatic hydroxyl groups is 8. The van der Waals surface area contributed by atoms with Crippen molar-refractivity contribution >= 4 is 0 Å². The molecule has 9 nitrogen and oxygen atoms in total. The fourth-order valence-corrected chi connectivity index (χ4v) is 3.42. The number of rotatable bonds is 4. The molecule has 2 rings (SSSR count). The maximum Gasteiger partial charge on any atom is 0.109 e. The smallest absolute Gasteiger partial charge is 0.109 e. The van der Waals surface area contributed by atoms with E-state index in [2.05, 4.69) is 0 Å². The van der Waals surface area contributed by atoms with Crippen molar-refractivity contribution < 1.29 is 45.6 Å². The van der Waals surface area contributed by atoms with Crippen LogP contribution in [-0.2, 0) is 4.74 Å². The molecule has 136 valence electrons. The lowest BCUT2D eigenvalue weighted by molar-refractivity contribution is -0.231. The number of aliphatic hydroxyl groups excluding tert-OH is 8. The van der Waals surface area contributed by atoms with Crippen molar-refractivity contribution in [2.45, 2.75) is 61.7 Å². The van der Waals surface area contributed by atoms with Gasteiger partial charge in [0.15, 0.2) is 0 Å². The van der Waals surface area contributed by atoms with E-state index in [0.29, 0.717) is 0 Å². The van der Waals surface area contributed by atoms with Gasteiger partial charge in [0, 0.05) is 25.0 Å². The summed E-state index contributed by atoms with van der Waals surface area (Å²) in [4.78, 5) is 0. The highest BCUT2D eigenvalue weighted by Gasteiger charge is 2.48. The molecule has 2 aliphatic carbocycles. The molecule has 0 aliphatic heterocycles. The van der Waals surface area contributed by atoms with Crippen LogP contribution in [0.4, 0.5) is 0 Å². The quantitative estimate of drug-likeness (QED) is 0.254. The topological polar surface area (TPSA) is 171 Å². The maximum atomic E-state index is 10.0. The minimum absolute atomic E-state index is 0.0571. The normalized spacial score (nSPS) is 51.7. The van der Waals surface area contributed by atoms with E-state index in [4.69, 9.17) is 4.74 Å². The first kappa shape index (κ1) is 19.0. The fraction of sp³-hybridized carbons (Fsp3) is 1.00. The summed E-state index contributed by atoms with van der Waals surface area (Å²) in [5, 5.41) is 77.7. The van der Waals surface area contributed by atoms with Crippen LogP contribution < -0.4 is 0 Å². The van der Waals surface area contributed by atoms with Gasteiger partial charge < -0.3 is 45.6 Å². The highest BCUT2D eigenvalue weighted by atomic mass is 16.5. The standard InChI is InChI=1S/C14H26O9/c15-3-5-1-7(11(19)13(21)9(5)17)23-8-2-6(4-16)10(18)14(22)12(8)20/h5-22H,1-4H2/t5?,6?,7-,8+,9+,10-,11?,12?,13+,14?/m0/s1. The van der Waals surface area contributed by atoms with Crippen LogP contribution in [0.3, 0.4) is 0 Å². The Labute approximate surface area is 133 Å². The lowest BCUT2D eigenvalue weighted by atomic mass is 9.79. The molecule has 0 amide bonds. The first-order valence-electron chi connectivity index (χ1n) is 7.77. The summed E-state index contributed by atoms with van der Waals surface area (Å²) in [5.74, 6) is -1.38. The molecule has 2 fully saturated rings. The average molecular weight is 338 g/mol. The van der Waals surface area contributed by atoms with E-state index in [1.165, 1.54) is 0 Å². The van der Waals surface area contributed by atoms with Crippen molar-refractivity contribution in [2.24, 2.45) is 11.8 Å². The second-order valence-corrected chi connectivity index (χ2v) is 6.51. The molecule has 2 saturated carbocycles. The van der Waals surface area contributed by atoms with Crippen molar-refractivity contribution in [1.82, 2.24) is 0 Å². The summed E-state index contributed by atoms with van der Waals surface area (Å²) in [5.41, 5.74) is 0. The minimum atomic E-state index is -1.50. The zero-order chi connectivity index (χ0) is 17.3. The molecule has 0 heterocycles. The van der Waals surface area contributed by atoms with Gasteiger partial charge >= 0.3 is 0 Å². The third-order valence-corrected chi connectivity index (χ3v) is 5.02. The summed E-state index contributed by atoms with van der Waals surface area (Å²) in [6.07, 6.45) is -10.2. The Bertz CT molecular complexity index is 343. The summed E-state index contributed by atoms with van der Waals surface area (Å²) >= 11 is 0. The van der Waals surface area contributed by atoms with Gasteiger partial charge in [-0.05, 0) is 12.8 Å². The zero-order valence-electron chi connectivity index (χ0n) is 12.6. The third-order valence-electron chi connectivity index (χ3n) is 5.02. The highest BCUT2D eigenvalue weighted by Crippen LogP contribution is 2.33. The van der Waals surface area contributed by atoms with Crippen LogP contribution in [-0.4, -0.2) is 103 Å². The van der Waals surface area contributed by atoms with E-state index < -0.39 is 73.9 Å². The van der Waals surface area contributed by atoms with Gasteiger partial charge in [0.05, 0.1) is 24.4 Å². The minimum Gasteiger partial charge on any atom is -0.396 e. The van der Waals surface area contributed by atoms with E-state index in [9.17, 15) is 40.9 Å². The molecule has 9 heteroatoms. The highest BCUT2D eigenvalue weighted by molar-refractivity contribution is 4.97. The van der Waals surface area contributed by atoms with Crippen molar-refractivity contribution in [1.29, 1.82) is 0 Å². The molecule has 10 atom stereocenters. The summed E-state index contributed by atoms with van der Waals surface area (Å²) in [6, 6.07) is 0. The van der Waals surface area contributed by atoms with Crippen LogP contribution in [0.25, 0.3) is 0 Å². The number of hydrogen-bond acceptors (Lipinski definition) is 9. The Morgan fingerprint density at radius 3 is 1.22 bits per heavy atom. The fourth-order valence-electron chi connectivity index (χ4n) is 3.42. The van der Waals surface area contributed by atoms with Gasteiger partial charge in [-0.15, -0.1) is 0 Å². The molecular weight excluding hydrogens is 312 g/mol. The number of hydrogen-bond donors (Lipinski definition) is 8. The van der Waals surface area contributed by atoms with Gasteiger partial charge in [-0.1, -0.05) is 0 Å². The molecule has 8 N–H and O–H groups in total. The Hall–Kier alpha value is -0.360. The molecule has 0 aromatic carbocycles. The molecule has 2 aliphatic rings. The predicted molar refractivity (Wildman–Crippen MR) is 75.1 cm³/mol. The van der Waals surface area contributed by atoms with Crippen molar-refractivity contribution in [3.63, 3.8) is 0 Å². The van der Waals surface area contributed by atoms with Crippen LogP contribution in [0, 0.1) is 11.8 Å². The molecule has 0 spiro atoms. The van der Waals surface area contributed by atoms with Crippen LogP contribution in [0.2, 0.25) is 0 Å². The molecule has 0 bridgehead atoms. The van der Waals surface area contributed by atoms with E-state index in [1.807, 2.05) is 0 Å². The molecule has 23 heavy (non-hydrogen) atoms. The average Bonchev–Trinajstić information content (AvgIpc) is 2.55. The van der Waals surface area contributed by atoms with E-state index in [1.54, 1.807) is 0 Å². The van der Waals surface area contributed by atoms with Gasteiger partial charge in [-0.25, -0.2) is 0 Å². The predicted octanol–water partition coefficient (Wildman–Crippen LogP) is -4.07. The zero-order valence-corrected chi connectivity index (χ0v) is 12.6. The largest absolute Gasteiger partial charge is 0.396 e. The number of ether oxygens (including phenoxy) is 1. The monoisotopic (exact) mass is 338 g/mol. The summed E-state index contributed by atoms with van der Waals surface area (Å²) in [6.45, 7) is -0.808. The van der Waals surface area contributed by atoms with Crippen LogP contribution >= 0.6 is 0 Å². The third kappa shape index (κ3) is 3.68. The van der Waals surface area contributed by atoms with E-state index in [0.717, 1.165) is 0 Å². The van der Waals surface area contributed by atoms with E-state index >= 15 is 0 Å². The lowest BCUT2D eigenvalue weighted by Crippen LogP contribution is -2.59. The van der Waals surface area contributed by atoms with Crippen molar-refractivity contribution in [3.8, 4) is 0 Å². The van der Waals surface area contributed by atoms with E-state index in [-0.39, 0.29) is 12.8 Å². The molecule has 5 unspecified atom stereocenters. The Morgan fingerprint density at radius 2 is 0.913 bits per heavy atom. The van der Waals surface area contributed by atoms with Gasteiger partial charge in [-0.2, -0.15) is 0 Å². The first-order chi connectivity index (χ1) is 10.8. The van der Waals surface area contributed by atoms with Crippen molar-refractivity contribution in [3.05, 3.63) is 0 Å². The molecule has 0 aromatic heterocycles. The van der Waals surface area contributed by atoms with Gasteiger partial charge in [0.1, 0.15) is 24.4 Å². The second kappa shape index (κ2) is 7.68.